The fourth-order valence-corrected chi connectivity index (χ4v) is 1.92. The molecule has 0 aromatic carbocycles. The van der Waals surface area contributed by atoms with Crippen LogP contribution in [0.5, 0.6) is 0 Å². The van der Waals surface area contributed by atoms with Crippen LogP contribution in [0.15, 0.2) is 0 Å². The molecule has 2 N–H and O–H groups in total. The van der Waals surface area contributed by atoms with E-state index >= 15 is 0 Å². The summed E-state index contributed by atoms with van der Waals surface area (Å²) in [5.41, 5.74) is 0. The summed E-state index contributed by atoms with van der Waals surface area (Å²) in [5.74, 6) is 0.156. The Hall–Kier alpha value is -0.650. The van der Waals surface area contributed by atoms with Crippen LogP contribution in [0.4, 0.5) is 0 Å². The van der Waals surface area contributed by atoms with E-state index in [-0.39, 0.29) is 24.7 Å². The van der Waals surface area contributed by atoms with E-state index in [0.717, 1.165) is 13.0 Å². The fourth-order valence-electron chi connectivity index (χ4n) is 1.92. The van der Waals surface area contributed by atoms with E-state index in [0.29, 0.717) is 19.5 Å². The van der Waals surface area contributed by atoms with E-state index in [1.165, 1.54) is 0 Å². The van der Waals surface area contributed by atoms with Crippen LogP contribution in [0.1, 0.15) is 19.8 Å². The molecule has 94 valence electrons. The van der Waals surface area contributed by atoms with Gasteiger partial charge < -0.3 is 20.1 Å². The molecule has 0 aliphatic carbocycles. The van der Waals surface area contributed by atoms with Crippen molar-refractivity contribution in [1.82, 2.24) is 10.2 Å². The lowest BCUT2D eigenvalue weighted by Crippen LogP contribution is -2.50. The SMILES string of the molecule is CNCCCC(=O)N1CC(C)OC(CO)C1. The number of morpholine rings is 1. The van der Waals surface area contributed by atoms with Gasteiger partial charge in [-0.2, -0.15) is 0 Å². The molecule has 5 heteroatoms. The summed E-state index contributed by atoms with van der Waals surface area (Å²) < 4.78 is 5.49. The third kappa shape index (κ3) is 4.08. The van der Waals surface area contributed by atoms with Gasteiger partial charge in [0.05, 0.1) is 18.8 Å². The van der Waals surface area contributed by atoms with Gasteiger partial charge in [0, 0.05) is 19.5 Å². The summed E-state index contributed by atoms with van der Waals surface area (Å²) in [6.07, 6.45) is 1.20. The first-order valence-corrected chi connectivity index (χ1v) is 5.86. The molecule has 1 amide bonds. The van der Waals surface area contributed by atoms with Gasteiger partial charge >= 0.3 is 0 Å². The van der Waals surface area contributed by atoms with Crippen molar-refractivity contribution in [2.24, 2.45) is 0 Å². The van der Waals surface area contributed by atoms with Crippen LogP contribution >= 0.6 is 0 Å². The number of aliphatic hydroxyl groups is 1. The molecule has 1 aliphatic rings. The Morgan fingerprint density at radius 1 is 1.56 bits per heavy atom. The molecule has 0 bridgehead atoms. The van der Waals surface area contributed by atoms with Crippen molar-refractivity contribution in [3.05, 3.63) is 0 Å². The monoisotopic (exact) mass is 230 g/mol. The molecule has 1 fully saturated rings. The molecule has 2 unspecified atom stereocenters. The molecule has 1 rings (SSSR count). The highest BCUT2D eigenvalue weighted by molar-refractivity contribution is 5.76. The average Bonchev–Trinajstić information content (AvgIpc) is 2.28. The van der Waals surface area contributed by atoms with Gasteiger partial charge in [0.2, 0.25) is 5.91 Å². The number of hydrogen-bond donors (Lipinski definition) is 2. The van der Waals surface area contributed by atoms with E-state index in [1.54, 1.807) is 4.90 Å². The Labute approximate surface area is 96.8 Å². The molecule has 0 aromatic heterocycles. The Balaban J connectivity index is 2.36. The lowest BCUT2D eigenvalue weighted by molar-refractivity contribution is -0.147. The van der Waals surface area contributed by atoms with Gasteiger partial charge in [0.15, 0.2) is 0 Å². The predicted octanol–water partition coefficient (Wildman–Crippen LogP) is -0.406. The van der Waals surface area contributed by atoms with Crippen molar-refractivity contribution >= 4 is 5.91 Å². The highest BCUT2D eigenvalue weighted by atomic mass is 16.5. The van der Waals surface area contributed by atoms with Crippen molar-refractivity contribution in [2.75, 3.05) is 33.3 Å². The maximum absolute atomic E-state index is 11.8. The molecule has 2 atom stereocenters. The van der Waals surface area contributed by atoms with Crippen molar-refractivity contribution in [1.29, 1.82) is 0 Å². The van der Waals surface area contributed by atoms with Crippen LogP contribution in [0.25, 0.3) is 0 Å². The van der Waals surface area contributed by atoms with E-state index in [1.807, 2.05) is 14.0 Å². The molecular formula is C11H22N2O3. The van der Waals surface area contributed by atoms with Crippen LogP contribution in [0.2, 0.25) is 0 Å². The summed E-state index contributed by atoms with van der Waals surface area (Å²) in [6, 6.07) is 0. The molecule has 1 saturated heterocycles. The summed E-state index contributed by atoms with van der Waals surface area (Å²) in [7, 11) is 1.88. The van der Waals surface area contributed by atoms with Gasteiger partial charge in [0.25, 0.3) is 0 Å². The predicted molar refractivity (Wildman–Crippen MR) is 61.2 cm³/mol. The van der Waals surface area contributed by atoms with Crippen LogP contribution in [-0.4, -0.2) is 61.4 Å². The number of aliphatic hydroxyl groups excluding tert-OH is 1. The second kappa shape index (κ2) is 6.83. The van der Waals surface area contributed by atoms with Gasteiger partial charge in [-0.25, -0.2) is 0 Å². The first-order valence-electron chi connectivity index (χ1n) is 5.86. The van der Waals surface area contributed by atoms with Gasteiger partial charge in [-0.15, -0.1) is 0 Å². The van der Waals surface area contributed by atoms with E-state index in [4.69, 9.17) is 9.84 Å². The van der Waals surface area contributed by atoms with Crippen molar-refractivity contribution < 1.29 is 14.6 Å². The number of rotatable bonds is 5. The number of nitrogens with zero attached hydrogens (tertiary/aromatic N) is 1. The minimum absolute atomic E-state index is 0.0131. The van der Waals surface area contributed by atoms with Gasteiger partial charge in [-0.05, 0) is 26.9 Å². The molecule has 0 aromatic rings. The summed E-state index contributed by atoms with van der Waals surface area (Å²) >= 11 is 0. The highest BCUT2D eigenvalue weighted by Crippen LogP contribution is 2.12. The molecule has 16 heavy (non-hydrogen) atoms. The zero-order chi connectivity index (χ0) is 12.0. The molecule has 1 heterocycles. The largest absolute Gasteiger partial charge is 0.394 e. The van der Waals surface area contributed by atoms with Gasteiger partial charge in [-0.1, -0.05) is 0 Å². The van der Waals surface area contributed by atoms with Crippen LogP contribution in [0, 0.1) is 0 Å². The first-order chi connectivity index (χ1) is 7.67. The number of amides is 1. The van der Waals surface area contributed by atoms with Crippen LogP contribution in [0.3, 0.4) is 0 Å². The maximum Gasteiger partial charge on any atom is 0.222 e. The van der Waals surface area contributed by atoms with E-state index < -0.39 is 0 Å². The molecule has 0 radical (unpaired) electrons. The number of carbonyl (C=O) groups excluding carboxylic acids is 1. The molecular weight excluding hydrogens is 208 g/mol. The Kier molecular flexibility index (Phi) is 5.73. The van der Waals surface area contributed by atoms with Gasteiger partial charge in [0.1, 0.15) is 0 Å². The highest BCUT2D eigenvalue weighted by Gasteiger charge is 2.27. The lowest BCUT2D eigenvalue weighted by Gasteiger charge is -2.36. The molecule has 0 spiro atoms. The normalized spacial score (nSPS) is 25.8. The Morgan fingerprint density at radius 3 is 2.94 bits per heavy atom. The van der Waals surface area contributed by atoms with Crippen molar-refractivity contribution in [3.8, 4) is 0 Å². The maximum atomic E-state index is 11.8. The molecule has 0 saturated carbocycles. The van der Waals surface area contributed by atoms with Crippen molar-refractivity contribution in [3.63, 3.8) is 0 Å². The number of ether oxygens (including phenoxy) is 1. The Morgan fingerprint density at radius 2 is 2.31 bits per heavy atom. The minimum Gasteiger partial charge on any atom is -0.394 e. The third-order valence-corrected chi connectivity index (χ3v) is 2.70. The number of nitrogens with one attached hydrogen (secondary N) is 1. The van der Waals surface area contributed by atoms with Gasteiger partial charge in [-0.3, -0.25) is 4.79 Å². The second-order valence-electron chi connectivity index (χ2n) is 4.26. The van der Waals surface area contributed by atoms with E-state index in [9.17, 15) is 4.79 Å². The average molecular weight is 230 g/mol. The fraction of sp³-hybridized carbons (Fsp3) is 0.909. The quantitative estimate of drug-likeness (QED) is 0.631. The minimum atomic E-state index is -0.225. The third-order valence-electron chi connectivity index (χ3n) is 2.70. The number of hydrogen-bond acceptors (Lipinski definition) is 4. The summed E-state index contributed by atoms with van der Waals surface area (Å²) in [4.78, 5) is 13.6. The number of carbonyl (C=O) groups is 1. The summed E-state index contributed by atoms with van der Waals surface area (Å²) in [6.45, 7) is 3.91. The summed E-state index contributed by atoms with van der Waals surface area (Å²) in [5, 5.41) is 12.1. The smallest absolute Gasteiger partial charge is 0.222 e. The topological polar surface area (TPSA) is 61.8 Å². The van der Waals surface area contributed by atoms with Crippen LogP contribution in [-0.2, 0) is 9.53 Å². The standard InChI is InChI=1S/C11H22N2O3/c1-9-6-13(7-10(8-14)16-9)11(15)4-3-5-12-2/h9-10,12,14H,3-8H2,1-2H3. The molecule has 5 nitrogen and oxygen atoms in total. The van der Waals surface area contributed by atoms with Crippen molar-refractivity contribution in [2.45, 2.75) is 32.0 Å². The van der Waals surface area contributed by atoms with Crippen LogP contribution < -0.4 is 5.32 Å². The lowest BCUT2D eigenvalue weighted by atomic mass is 10.2. The first kappa shape index (κ1) is 13.4. The second-order valence-corrected chi connectivity index (χ2v) is 4.26. The molecule has 1 aliphatic heterocycles. The Bertz CT molecular complexity index is 223. The zero-order valence-electron chi connectivity index (χ0n) is 10.1. The zero-order valence-corrected chi connectivity index (χ0v) is 10.1. The van der Waals surface area contributed by atoms with E-state index in [2.05, 4.69) is 5.32 Å².